The van der Waals surface area contributed by atoms with Gasteiger partial charge < -0.3 is 20.0 Å². The third kappa shape index (κ3) is 5.44. The molecule has 144 valence electrons. The van der Waals surface area contributed by atoms with Gasteiger partial charge in [0.15, 0.2) is 0 Å². The quantitative estimate of drug-likeness (QED) is 0.760. The maximum atomic E-state index is 12.4. The number of para-hydroxylation sites is 1. The van der Waals surface area contributed by atoms with Gasteiger partial charge in [0.2, 0.25) is 0 Å². The fraction of sp³-hybridized carbons (Fsp3) is 0.429. The largest absolute Gasteiger partial charge is 0.368 e. The summed E-state index contributed by atoms with van der Waals surface area (Å²) in [7, 11) is 4.07. The van der Waals surface area contributed by atoms with Gasteiger partial charge in [0.05, 0.1) is 17.4 Å². The zero-order chi connectivity index (χ0) is 19.1. The lowest BCUT2D eigenvalue weighted by Gasteiger charge is -2.37. The van der Waals surface area contributed by atoms with Crippen LogP contribution in [0.2, 0.25) is 0 Å². The Morgan fingerprint density at radius 3 is 2.37 bits per heavy atom. The molecule has 0 spiro atoms. The van der Waals surface area contributed by atoms with Crippen LogP contribution >= 0.6 is 0 Å². The Balaban J connectivity index is 1.54. The lowest BCUT2D eigenvalue weighted by Crippen LogP contribution is -2.46. The minimum atomic E-state index is -0.0500. The highest BCUT2D eigenvalue weighted by atomic mass is 16.1. The van der Waals surface area contributed by atoms with Gasteiger partial charge in [0.1, 0.15) is 0 Å². The Morgan fingerprint density at radius 1 is 1.04 bits per heavy atom. The van der Waals surface area contributed by atoms with Crippen molar-refractivity contribution in [3.63, 3.8) is 0 Å². The molecule has 1 amide bonds. The van der Waals surface area contributed by atoms with E-state index in [0.29, 0.717) is 12.1 Å². The molecule has 27 heavy (non-hydrogen) atoms. The van der Waals surface area contributed by atoms with Crippen molar-refractivity contribution >= 4 is 17.3 Å². The van der Waals surface area contributed by atoms with Crippen LogP contribution in [0.1, 0.15) is 16.8 Å². The Bertz CT molecular complexity index is 726. The third-order valence-electron chi connectivity index (χ3n) is 4.82. The van der Waals surface area contributed by atoms with Crippen molar-refractivity contribution in [2.45, 2.75) is 6.42 Å². The number of nitrogens with zero attached hydrogens (tertiary/aromatic N) is 4. The van der Waals surface area contributed by atoms with E-state index in [9.17, 15) is 4.79 Å². The lowest BCUT2D eigenvalue weighted by molar-refractivity contribution is 0.0952. The number of hydrogen-bond acceptors (Lipinski definition) is 5. The normalized spacial score (nSPS) is 14.5. The van der Waals surface area contributed by atoms with Crippen LogP contribution in [0.15, 0.2) is 48.8 Å². The predicted octanol–water partition coefficient (Wildman–Crippen LogP) is 2.09. The monoisotopic (exact) mass is 367 g/mol. The van der Waals surface area contributed by atoms with E-state index in [4.69, 9.17) is 0 Å². The van der Waals surface area contributed by atoms with Crippen LogP contribution in [0.4, 0.5) is 11.4 Å². The smallest absolute Gasteiger partial charge is 0.252 e. The highest BCUT2D eigenvalue weighted by molar-refractivity contribution is 5.94. The van der Waals surface area contributed by atoms with Crippen molar-refractivity contribution < 1.29 is 4.79 Å². The molecule has 2 aromatic rings. The number of rotatable bonds is 7. The summed E-state index contributed by atoms with van der Waals surface area (Å²) in [5.41, 5.74) is 2.91. The van der Waals surface area contributed by atoms with E-state index in [2.05, 4.69) is 49.3 Å². The molecule has 3 rings (SSSR count). The first-order valence-corrected chi connectivity index (χ1v) is 9.56. The van der Waals surface area contributed by atoms with E-state index < -0.39 is 0 Å². The molecule has 0 bridgehead atoms. The van der Waals surface area contributed by atoms with Gasteiger partial charge in [-0.25, -0.2) is 0 Å². The molecular weight excluding hydrogens is 338 g/mol. The molecule has 0 atom stereocenters. The molecule has 1 N–H and O–H groups in total. The highest BCUT2D eigenvalue weighted by Crippen LogP contribution is 2.20. The zero-order valence-corrected chi connectivity index (χ0v) is 16.3. The number of hydrogen-bond donors (Lipinski definition) is 1. The van der Waals surface area contributed by atoms with Crippen LogP contribution in [0, 0.1) is 0 Å². The van der Waals surface area contributed by atoms with E-state index in [-0.39, 0.29) is 5.91 Å². The highest BCUT2D eigenvalue weighted by Gasteiger charge is 2.18. The first-order chi connectivity index (χ1) is 13.1. The van der Waals surface area contributed by atoms with Crippen molar-refractivity contribution in [1.82, 2.24) is 15.2 Å². The molecule has 1 aliphatic rings. The molecule has 0 unspecified atom stereocenters. The average Bonchev–Trinajstić information content (AvgIpc) is 2.72. The summed E-state index contributed by atoms with van der Waals surface area (Å²) in [6.07, 6.45) is 4.43. The Labute approximate surface area is 161 Å². The maximum absolute atomic E-state index is 12.4. The molecule has 6 nitrogen and oxygen atoms in total. The first-order valence-electron chi connectivity index (χ1n) is 9.56. The van der Waals surface area contributed by atoms with E-state index in [1.165, 1.54) is 5.69 Å². The number of piperazine rings is 1. The molecule has 0 saturated carbocycles. The molecule has 1 fully saturated rings. The third-order valence-corrected chi connectivity index (χ3v) is 4.82. The number of amides is 1. The summed E-state index contributed by atoms with van der Waals surface area (Å²) in [6.45, 7) is 5.41. The molecule has 2 heterocycles. The molecule has 1 aliphatic heterocycles. The standard InChI is InChI=1S/C21H29N5O/c1-24(2)10-6-9-23-21(27)18-15-20(17-22-16-18)26-13-11-25(12-14-26)19-7-4-3-5-8-19/h3-5,7-8,15-17H,6,9-14H2,1-2H3,(H,23,27). The SMILES string of the molecule is CN(C)CCCNC(=O)c1cncc(N2CCN(c3ccccc3)CC2)c1. The van der Waals surface area contributed by atoms with Gasteiger partial charge in [-0.3, -0.25) is 9.78 Å². The summed E-state index contributed by atoms with van der Waals surface area (Å²) in [4.78, 5) is 23.5. The molecule has 1 saturated heterocycles. The van der Waals surface area contributed by atoms with Gasteiger partial charge in [-0.15, -0.1) is 0 Å². The zero-order valence-electron chi connectivity index (χ0n) is 16.3. The summed E-state index contributed by atoms with van der Waals surface area (Å²) < 4.78 is 0. The number of aromatic nitrogens is 1. The summed E-state index contributed by atoms with van der Waals surface area (Å²) in [5, 5.41) is 2.98. The molecule has 0 aliphatic carbocycles. The van der Waals surface area contributed by atoms with E-state index in [1.54, 1.807) is 6.20 Å². The number of anilines is 2. The number of carbonyl (C=O) groups is 1. The number of benzene rings is 1. The minimum absolute atomic E-state index is 0.0500. The van der Waals surface area contributed by atoms with E-state index in [0.717, 1.165) is 44.8 Å². The fourth-order valence-electron chi connectivity index (χ4n) is 3.29. The molecule has 1 aromatic carbocycles. The average molecular weight is 367 g/mol. The van der Waals surface area contributed by atoms with Crippen LogP contribution in [-0.2, 0) is 0 Å². The van der Waals surface area contributed by atoms with Crippen molar-refractivity contribution in [3.8, 4) is 0 Å². The second-order valence-electron chi connectivity index (χ2n) is 7.15. The van der Waals surface area contributed by atoms with E-state index >= 15 is 0 Å². The van der Waals surface area contributed by atoms with Crippen molar-refractivity contribution in [3.05, 3.63) is 54.4 Å². The number of carbonyl (C=O) groups excluding carboxylic acids is 1. The Morgan fingerprint density at radius 2 is 1.70 bits per heavy atom. The fourth-order valence-corrected chi connectivity index (χ4v) is 3.29. The Hall–Kier alpha value is -2.60. The van der Waals surface area contributed by atoms with Crippen LogP contribution < -0.4 is 15.1 Å². The number of nitrogens with one attached hydrogen (secondary N) is 1. The van der Waals surface area contributed by atoms with Crippen molar-refractivity contribution in [2.75, 3.05) is 63.2 Å². The van der Waals surface area contributed by atoms with Crippen molar-refractivity contribution in [1.29, 1.82) is 0 Å². The van der Waals surface area contributed by atoms with Crippen LogP contribution in [0.3, 0.4) is 0 Å². The second-order valence-corrected chi connectivity index (χ2v) is 7.15. The van der Waals surface area contributed by atoms with Gasteiger partial charge in [0, 0.05) is 44.6 Å². The van der Waals surface area contributed by atoms with Gasteiger partial charge >= 0.3 is 0 Å². The van der Waals surface area contributed by atoms with Crippen molar-refractivity contribution in [2.24, 2.45) is 0 Å². The predicted molar refractivity (Wildman–Crippen MR) is 111 cm³/mol. The van der Waals surface area contributed by atoms with Crippen LogP contribution in [0.5, 0.6) is 0 Å². The van der Waals surface area contributed by atoms with Gasteiger partial charge in [-0.05, 0) is 45.3 Å². The summed E-state index contributed by atoms with van der Waals surface area (Å²) in [5.74, 6) is -0.0500. The van der Waals surface area contributed by atoms with Gasteiger partial charge in [-0.2, -0.15) is 0 Å². The minimum Gasteiger partial charge on any atom is -0.368 e. The molecule has 0 radical (unpaired) electrons. The van der Waals surface area contributed by atoms with Crippen LogP contribution in [-0.4, -0.2) is 69.2 Å². The maximum Gasteiger partial charge on any atom is 0.252 e. The summed E-state index contributed by atoms with van der Waals surface area (Å²) in [6, 6.07) is 12.4. The lowest BCUT2D eigenvalue weighted by atomic mass is 10.2. The Kier molecular flexibility index (Phi) is 6.65. The van der Waals surface area contributed by atoms with E-state index in [1.807, 2.05) is 32.4 Å². The number of pyridine rings is 1. The molecule has 6 heteroatoms. The first kappa shape index (κ1) is 19.2. The second kappa shape index (κ2) is 9.37. The van der Waals surface area contributed by atoms with Gasteiger partial charge in [-0.1, -0.05) is 18.2 Å². The van der Waals surface area contributed by atoms with Gasteiger partial charge in [0.25, 0.3) is 5.91 Å². The summed E-state index contributed by atoms with van der Waals surface area (Å²) >= 11 is 0. The topological polar surface area (TPSA) is 51.7 Å². The molecule has 1 aromatic heterocycles. The van der Waals surface area contributed by atoms with Crippen LogP contribution in [0.25, 0.3) is 0 Å². The molecular formula is C21H29N5O.